The van der Waals surface area contributed by atoms with Gasteiger partial charge in [0.15, 0.2) is 0 Å². The molecular formula is C12H16N4O4S2. The van der Waals surface area contributed by atoms with E-state index in [4.69, 9.17) is 4.74 Å². The lowest BCUT2D eigenvalue weighted by Gasteiger charge is -2.23. The second kappa shape index (κ2) is 6.46. The molecule has 0 radical (unpaired) electrons. The smallest absolute Gasteiger partial charge is 0.424 e. The molecule has 2 aromatic heterocycles. The van der Waals surface area contributed by atoms with Crippen molar-refractivity contribution >= 4 is 32.5 Å². The van der Waals surface area contributed by atoms with Crippen molar-refractivity contribution < 1.29 is 17.9 Å². The van der Waals surface area contributed by atoms with Gasteiger partial charge in [0.2, 0.25) is 0 Å². The fraction of sp³-hybridized carbons (Fsp3) is 0.333. The van der Waals surface area contributed by atoms with Gasteiger partial charge in [0.05, 0.1) is 18.4 Å². The molecule has 0 saturated heterocycles. The molecular weight excluding hydrogens is 328 g/mol. The van der Waals surface area contributed by atoms with Crippen LogP contribution < -0.4 is 0 Å². The zero-order valence-corrected chi connectivity index (χ0v) is 13.8. The Balaban J connectivity index is 2.13. The third-order valence-electron chi connectivity index (χ3n) is 2.94. The van der Waals surface area contributed by atoms with Crippen molar-refractivity contribution in [1.82, 2.24) is 18.0 Å². The molecule has 0 aliphatic rings. The number of hydrogen-bond donors (Lipinski definition) is 0. The van der Waals surface area contributed by atoms with Crippen LogP contribution in [-0.4, -0.2) is 53.2 Å². The summed E-state index contributed by atoms with van der Waals surface area (Å²) in [5.41, 5.74) is 0.761. The second-order valence-electron chi connectivity index (χ2n) is 4.43. The Hall–Kier alpha value is -1.91. The molecule has 0 spiro atoms. The van der Waals surface area contributed by atoms with Crippen LogP contribution >= 0.6 is 11.3 Å². The van der Waals surface area contributed by atoms with Crippen LogP contribution in [0.2, 0.25) is 0 Å². The summed E-state index contributed by atoms with van der Waals surface area (Å²) in [7, 11) is -1.42. The molecule has 8 nitrogen and oxygen atoms in total. The van der Waals surface area contributed by atoms with E-state index < -0.39 is 16.3 Å². The molecule has 0 saturated carbocycles. The lowest BCUT2D eigenvalue weighted by atomic mass is 10.5. The van der Waals surface area contributed by atoms with Crippen molar-refractivity contribution in [2.24, 2.45) is 0 Å². The molecule has 0 atom stereocenters. The fourth-order valence-corrected chi connectivity index (χ4v) is 3.52. The van der Waals surface area contributed by atoms with E-state index in [1.165, 1.54) is 24.5 Å². The van der Waals surface area contributed by atoms with E-state index in [1.807, 2.05) is 5.38 Å². The molecule has 2 aromatic rings. The van der Waals surface area contributed by atoms with Crippen LogP contribution in [0.1, 0.15) is 5.69 Å². The van der Waals surface area contributed by atoms with Gasteiger partial charge in [0, 0.05) is 19.5 Å². The lowest BCUT2D eigenvalue weighted by molar-refractivity contribution is 0.140. The van der Waals surface area contributed by atoms with Crippen LogP contribution in [0.25, 0.3) is 4.83 Å². The Kier molecular flexibility index (Phi) is 4.84. The zero-order chi connectivity index (χ0) is 16.3. The maximum absolute atomic E-state index is 12.3. The summed E-state index contributed by atoms with van der Waals surface area (Å²) in [5, 5.41) is 1.85. The first-order valence-corrected chi connectivity index (χ1v) is 8.52. The molecule has 0 fully saturated rings. The van der Waals surface area contributed by atoms with Crippen molar-refractivity contribution in [3.05, 3.63) is 36.3 Å². The quantitative estimate of drug-likeness (QED) is 0.738. The number of thiazole rings is 1. The molecule has 22 heavy (non-hydrogen) atoms. The fourth-order valence-electron chi connectivity index (χ4n) is 1.72. The normalized spacial score (nSPS) is 11.8. The summed E-state index contributed by atoms with van der Waals surface area (Å²) in [4.78, 5) is 16.6. The van der Waals surface area contributed by atoms with E-state index in [0.29, 0.717) is 4.31 Å². The third-order valence-corrected chi connectivity index (χ3v) is 5.63. The van der Waals surface area contributed by atoms with E-state index in [-0.39, 0.29) is 13.2 Å². The van der Waals surface area contributed by atoms with E-state index in [2.05, 4.69) is 11.6 Å². The maximum Gasteiger partial charge on any atom is 0.424 e. The summed E-state index contributed by atoms with van der Waals surface area (Å²) < 4.78 is 32.8. The molecule has 0 aliphatic carbocycles. The highest BCUT2D eigenvalue weighted by molar-refractivity contribution is 7.87. The van der Waals surface area contributed by atoms with Crippen LogP contribution in [0.5, 0.6) is 0 Å². The molecule has 2 heterocycles. The average molecular weight is 344 g/mol. The van der Waals surface area contributed by atoms with Crippen molar-refractivity contribution in [2.75, 3.05) is 20.7 Å². The number of hydrogen-bond acceptors (Lipinski definition) is 6. The van der Waals surface area contributed by atoms with Crippen molar-refractivity contribution in [2.45, 2.75) is 6.54 Å². The summed E-state index contributed by atoms with van der Waals surface area (Å²) in [6.07, 6.45) is 3.72. The van der Waals surface area contributed by atoms with E-state index in [0.717, 1.165) is 21.9 Å². The first kappa shape index (κ1) is 16.5. The number of fused-ring (bicyclic) bond motifs is 1. The third kappa shape index (κ3) is 3.13. The topological polar surface area (TPSA) is 84.2 Å². The van der Waals surface area contributed by atoms with Gasteiger partial charge in [-0.15, -0.1) is 11.3 Å². The number of nitrogens with zero attached hydrogens (tertiary/aromatic N) is 4. The van der Waals surface area contributed by atoms with Gasteiger partial charge in [0.1, 0.15) is 17.8 Å². The predicted octanol–water partition coefficient (Wildman–Crippen LogP) is 1.33. The first-order valence-electron chi connectivity index (χ1n) is 6.24. The standard InChI is InChI=1S/C12H16N4O4S2/c1-4-5-20-12(17)15(3)22(18,19)14(2)7-10-8-21-11-6-13-9-16(10)11/h4,6,8-9H,1,5,7H2,2-3H3. The molecule has 1 amide bonds. The summed E-state index contributed by atoms with van der Waals surface area (Å²) >= 11 is 1.46. The van der Waals surface area contributed by atoms with Crippen LogP contribution in [0, 0.1) is 0 Å². The minimum atomic E-state index is -3.97. The Morgan fingerprint density at radius 3 is 2.95 bits per heavy atom. The van der Waals surface area contributed by atoms with Crippen LogP contribution in [0.15, 0.2) is 30.6 Å². The molecule has 120 valence electrons. The second-order valence-corrected chi connectivity index (χ2v) is 7.38. The maximum atomic E-state index is 12.3. The highest BCUT2D eigenvalue weighted by Gasteiger charge is 2.29. The molecule has 2 rings (SSSR count). The monoisotopic (exact) mass is 344 g/mol. The van der Waals surface area contributed by atoms with E-state index in [9.17, 15) is 13.2 Å². The molecule has 0 unspecified atom stereocenters. The van der Waals surface area contributed by atoms with Gasteiger partial charge in [-0.1, -0.05) is 12.7 Å². The molecule has 10 heteroatoms. The highest BCUT2D eigenvalue weighted by atomic mass is 32.2. The number of carbonyl (C=O) groups is 1. The van der Waals surface area contributed by atoms with E-state index >= 15 is 0 Å². The Morgan fingerprint density at radius 1 is 1.55 bits per heavy atom. The van der Waals surface area contributed by atoms with E-state index in [1.54, 1.807) is 16.9 Å². The van der Waals surface area contributed by atoms with Gasteiger partial charge >= 0.3 is 16.3 Å². The van der Waals surface area contributed by atoms with Gasteiger partial charge in [-0.05, 0) is 0 Å². The minimum Gasteiger partial charge on any atom is -0.444 e. The number of imidazole rings is 1. The Morgan fingerprint density at radius 2 is 2.27 bits per heavy atom. The predicted molar refractivity (Wildman–Crippen MR) is 82.8 cm³/mol. The average Bonchev–Trinajstić information content (AvgIpc) is 3.08. The van der Waals surface area contributed by atoms with Gasteiger partial charge in [0.25, 0.3) is 0 Å². The minimum absolute atomic E-state index is 0.0530. The zero-order valence-electron chi connectivity index (χ0n) is 12.2. The number of rotatable bonds is 6. The molecule has 0 aromatic carbocycles. The van der Waals surface area contributed by atoms with Crippen LogP contribution in [0.3, 0.4) is 0 Å². The first-order chi connectivity index (χ1) is 10.4. The number of aromatic nitrogens is 2. The largest absolute Gasteiger partial charge is 0.444 e. The van der Waals surface area contributed by atoms with Gasteiger partial charge in [-0.2, -0.15) is 17.0 Å². The molecule has 0 aliphatic heterocycles. The lowest BCUT2D eigenvalue weighted by Crippen LogP contribution is -2.42. The van der Waals surface area contributed by atoms with Crippen molar-refractivity contribution in [3.63, 3.8) is 0 Å². The van der Waals surface area contributed by atoms with Crippen molar-refractivity contribution in [1.29, 1.82) is 0 Å². The van der Waals surface area contributed by atoms with Gasteiger partial charge in [-0.25, -0.2) is 9.78 Å². The summed E-state index contributed by atoms with van der Waals surface area (Å²) in [5.74, 6) is 0. The van der Waals surface area contributed by atoms with Crippen LogP contribution in [-0.2, 0) is 21.5 Å². The van der Waals surface area contributed by atoms with Crippen LogP contribution in [0.4, 0.5) is 4.79 Å². The number of carbonyl (C=O) groups excluding carboxylic acids is 1. The molecule has 0 bridgehead atoms. The molecule has 0 N–H and O–H groups in total. The Labute approximate surface area is 132 Å². The van der Waals surface area contributed by atoms with Crippen molar-refractivity contribution in [3.8, 4) is 0 Å². The Bertz CT molecular complexity index is 780. The number of ether oxygens (including phenoxy) is 1. The SMILES string of the molecule is C=CCOC(=O)N(C)S(=O)(=O)N(C)Cc1csc2cncn12. The summed E-state index contributed by atoms with van der Waals surface area (Å²) in [6, 6.07) is 0. The van der Waals surface area contributed by atoms with Gasteiger partial charge < -0.3 is 4.74 Å². The summed E-state index contributed by atoms with van der Waals surface area (Å²) in [6.45, 7) is 3.46. The number of amides is 1. The highest BCUT2D eigenvalue weighted by Crippen LogP contribution is 2.18. The van der Waals surface area contributed by atoms with Gasteiger partial charge in [-0.3, -0.25) is 4.40 Å².